The van der Waals surface area contributed by atoms with Crippen LogP contribution in [0.2, 0.25) is 10.0 Å². The smallest absolute Gasteiger partial charge is 0.223 e. The second-order valence-electron chi connectivity index (χ2n) is 8.23. The average molecular weight is 437 g/mol. The van der Waals surface area contributed by atoms with Crippen LogP contribution < -0.4 is 5.32 Å². The lowest BCUT2D eigenvalue weighted by Crippen LogP contribution is -2.32. The molecule has 152 valence electrons. The van der Waals surface area contributed by atoms with E-state index in [4.69, 9.17) is 23.2 Å². The molecule has 0 spiro atoms. The number of rotatable bonds is 3. The summed E-state index contributed by atoms with van der Waals surface area (Å²) in [5.74, 6) is 1.01. The summed E-state index contributed by atoms with van der Waals surface area (Å²) in [7, 11) is 0. The monoisotopic (exact) mass is 436 g/mol. The van der Waals surface area contributed by atoms with Crippen LogP contribution >= 0.6 is 23.2 Å². The maximum absolute atomic E-state index is 12.4. The summed E-state index contributed by atoms with van der Waals surface area (Å²) in [5.41, 5.74) is 4.29. The minimum absolute atomic E-state index is 0.0773. The van der Waals surface area contributed by atoms with E-state index >= 15 is 0 Å². The number of carbonyl (C=O) groups is 1. The molecule has 3 nitrogen and oxygen atoms in total. The topological polar surface area (TPSA) is 42.0 Å². The molecule has 5 heteroatoms. The molecular formula is C25H22Cl2N2O. The van der Waals surface area contributed by atoms with Gasteiger partial charge in [0.25, 0.3) is 0 Å². The predicted octanol–water partition coefficient (Wildman–Crippen LogP) is 6.08. The second-order valence-corrected chi connectivity index (χ2v) is 9.07. The zero-order valence-electron chi connectivity index (χ0n) is 16.4. The Hall–Kier alpha value is -2.36. The number of hydrogen-bond acceptors (Lipinski definition) is 2. The molecule has 4 unspecified atom stereocenters. The highest BCUT2D eigenvalue weighted by molar-refractivity contribution is 6.31. The molecular weight excluding hydrogens is 415 g/mol. The van der Waals surface area contributed by atoms with Gasteiger partial charge in [0.1, 0.15) is 0 Å². The summed E-state index contributed by atoms with van der Waals surface area (Å²) in [6, 6.07) is 20.2. The maximum atomic E-state index is 12.4. The fourth-order valence-corrected chi connectivity index (χ4v) is 5.73. The third-order valence-corrected chi connectivity index (χ3v) is 7.24. The summed E-state index contributed by atoms with van der Waals surface area (Å²) >= 11 is 13.0. The molecule has 2 aliphatic rings. The number of nitrogens with one attached hydrogen (secondary N) is 1. The van der Waals surface area contributed by atoms with Crippen LogP contribution in [-0.4, -0.2) is 17.4 Å². The van der Waals surface area contributed by atoms with Crippen LogP contribution in [0, 0.1) is 11.8 Å². The summed E-state index contributed by atoms with van der Waals surface area (Å²) in [6.45, 7) is 0.719. The van der Waals surface area contributed by atoms with Crippen LogP contribution in [0.3, 0.4) is 0 Å². The van der Waals surface area contributed by atoms with Crippen molar-refractivity contribution in [3.63, 3.8) is 0 Å². The van der Waals surface area contributed by atoms with Crippen LogP contribution in [0.4, 0.5) is 0 Å². The first-order valence-corrected chi connectivity index (χ1v) is 11.1. The molecule has 0 bridgehead atoms. The number of nitrogens with zero attached hydrogens (tertiary/aromatic N) is 1. The number of benzene rings is 2. The Morgan fingerprint density at radius 3 is 2.47 bits per heavy atom. The number of pyridine rings is 1. The molecule has 1 saturated carbocycles. The first-order chi connectivity index (χ1) is 14.6. The lowest BCUT2D eigenvalue weighted by Gasteiger charge is -2.40. The molecule has 1 saturated heterocycles. The number of halogens is 2. The van der Waals surface area contributed by atoms with Crippen LogP contribution in [-0.2, 0) is 4.79 Å². The molecule has 2 heterocycles. The van der Waals surface area contributed by atoms with Crippen LogP contribution in [0.1, 0.15) is 35.8 Å². The van der Waals surface area contributed by atoms with Crippen molar-refractivity contribution in [2.75, 3.05) is 6.54 Å². The van der Waals surface area contributed by atoms with Gasteiger partial charge in [0.2, 0.25) is 5.91 Å². The predicted molar refractivity (Wildman–Crippen MR) is 121 cm³/mol. The van der Waals surface area contributed by atoms with E-state index < -0.39 is 0 Å². The highest BCUT2D eigenvalue weighted by Gasteiger charge is 2.47. The number of amides is 1. The average Bonchev–Trinajstić information content (AvgIpc) is 3.15. The molecule has 1 aliphatic carbocycles. The van der Waals surface area contributed by atoms with Gasteiger partial charge in [-0.15, -0.1) is 0 Å². The molecule has 30 heavy (non-hydrogen) atoms. The fourth-order valence-electron chi connectivity index (χ4n) is 5.28. The zero-order valence-corrected chi connectivity index (χ0v) is 17.9. The first-order valence-electron chi connectivity index (χ1n) is 10.4. The Kier molecular flexibility index (Phi) is 5.26. The summed E-state index contributed by atoms with van der Waals surface area (Å²) < 4.78 is 0. The van der Waals surface area contributed by atoms with Crippen molar-refractivity contribution in [1.29, 1.82) is 0 Å². The number of carbonyl (C=O) groups excluding carboxylic acids is 1. The van der Waals surface area contributed by atoms with Crippen LogP contribution in [0.5, 0.6) is 0 Å². The van der Waals surface area contributed by atoms with Gasteiger partial charge in [0.05, 0.1) is 5.69 Å². The number of aromatic nitrogens is 1. The van der Waals surface area contributed by atoms with Gasteiger partial charge in [-0.1, -0.05) is 53.5 Å². The Bertz CT molecular complexity index is 1070. The van der Waals surface area contributed by atoms with E-state index in [9.17, 15) is 4.79 Å². The van der Waals surface area contributed by atoms with Crippen molar-refractivity contribution in [1.82, 2.24) is 10.3 Å². The fraction of sp³-hybridized carbons (Fsp3) is 0.280. The van der Waals surface area contributed by atoms with Gasteiger partial charge in [-0.25, -0.2) is 0 Å². The van der Waals surface area contributed by atoms with Crippen LogP contribution in [0.15, 0.2) is 66.9 Å². The quantitative estimate of drug-likeness (QED) is 0.540. The van der Waals surface area contributed by atoms with Crippen molar-refractivity contribution in [3.05, 3.63) is 88.0 Å². The number of hydrogen-bond donors (Lipinski definition) is 1. The van der Waals surface area contributed by atoms with Crippen molar-refractivity contribution in [3.8, 4) is 11.3 Å². The van der Waals surface area contributed by atoms with E-state index in [0.717, 1.165) is 46.3 Å². The third kappa shape index (κ3) is 3.51. The molecule has 1 N–H and O–H groups in total. The Morgan fingerprint density at radius 1 is 0.933 bits per heavy atom. The van der Waals surface area contributed by atoms with Gasteiger partial charge < -0.3 is 5.32 Å². The van der Waals surface area contributed by atoms with E-state index in [1.807, 2.05) is 36.4 Å². The van der Waals surface area contributed by atoms with E-state index in [1.165, 1.54) is 5.56 Å². The maximum Gasteiger partial charge on any atom is 0.223 e. The summed E-state index contributed by atoms with van der Waals surface area (Å²) in [4.78, 5) is 16.8. The lowest BCUT2D eigenvalue weighted by molar-refractivity contribution is -0.123. The van der Waals surface area contributed by atoms with E-state index in [1.54, 1.807) is 6.20 Å². The largest absolute Gasteiger partial charge is 0.356 e. The second kappa shape index (κ2) is 8.05. The van der Waals surface area contributed by atoms with Gasteiger partial charge in [0.15, 0.2) is 0 Å². The molecule has 0 radical (unpaired) electrons. The summed E-state index contributed by atoms with van der Waals surface area (Å²) in [6.07, 6.45) is 3.62. The number of fused-ring (bicyclic) bond motifs is 1. The highest BCUT2D eigenvalue weighted by atomic mass is 35.5. The normalized spacial score (nSPS) is 25.6. The molecule has 4 atom stereocenters. The molecule has 1 aromatic heterocycles. The minimum Gasteiger partial charge on any atom is -0.356 e. The molecule has 2 fully saturated rings. The van der Waals surface area contributed by atoms with Crippen molar-refractivity contribution >= 4 is 29.1 Å². The lowest BCUT2D eigenvalue weighted by atomic mass is 9.63. The third-order valence-electron chi connectivity index (χ3n) is 6.66. The van der Waals surface area contributed by atoms with E-state index in [0.29, 0.717) is 0 Å². The van der Waals surface area contributed by atoms with Gasteiger partial charge in [-0.2, -0.15) is 0 Å². The van der Waals surface area contributed by atoms with Crippen molar-refractivity contribution < 1.29 is 4.79 Å². The molecule has 5 rings (SSSR count). The van der Waals surface area contributed by atoms with Gasteiger partial charge in [-0.3, -0.25) is 9.78 Å². The molecule has 2 aromatic carbocycles. The Labute approximate surface area is 186 Å². The van der Waals surface area contributed by atoms with Gasteiger partial charge >= 0.3 is 0 Å². The SMILES string of the molecule is O=C1NCC2C1CCC(c1ccc(-c3ccccn3)cc1Cl)C2c1ccc(Cl)cc1. The van der Waals surface area contributed by atoms with E-state index in [2.05, 4.69) is 34.6 Å². The zero-order chi connectivity index (χ0) is 20.7. The summed E-state index contributed by atoms with van der Waals surface area (Å²) in [5, 5.41) is 4.57. The highest BCUT2D eigenvalue weighted by Crippen LogP contribution is 2.52. The Morgan fingerprint density at radius 2 is 1.73 bits per heavy atom. The standard InChI is InChI=1S/C25H22Cl2N2O/c26-17-7-4-15(5-8-17)24-19(10-11-20-21(24)14-29-25(20)30)18-9-6-16(13-22(18)27)23-3-1-2-12-28-23/h1-9,12-13,19-21,24H,10-11,14H2,(H,29,30). The van der Waals surface area contributed by atoms with E-state index in [-0.39, 0.29) is 29.6 Å². The molecule has 1 amide bonds. The van der Waals surface area contributed by atoms with Gasteiger partial charge in [-0.05, 0) is 72.1 Å². The molecule has 1 aliphatic heterocycles. The minimum atomic E-state index is 0.0773. The van der Waals surface area contributed by atoms with Crippen molar-refractivity contribution in [2.24, 2.45) is 11.8 Å². The Balaban J connectivity index is 1.54. The molecule has 3 aromatic rings. The first kappa shape index (κ1) is 19.6. The van der Waals surface area contributed by atoms with Crippen LogP contribution in [0.25, 0.3) is 11.3 Å². The van der Waals surface area contributed by atoms with Gasteiger partial charge in [0, 0.05) is 34.3 Å². The van der Waals surface area contributed by atoms with Crippen molar-refractivity contribution in [2.45, 2.75) is 24.7 Å².